The van der Waals surface area contributed by atoms with Crippen LogP contribution in [0, 0.1) is 5.82 Å². The van der Waals surface area contributed by atoms with Crippen molar-refractivity contribution >= 4 is 35.0 Å². The Labute approximate surface area is 187 Å². The highest BCUT2D eigenvalue weighted by molar-refractivity contribution is 6.30. The number of methoxy groups -OCH3 is 1. The van der Waals surface area contributed by atoms with Crippen molar-refractivity contribution in [3.63, 3.8) is 0 Å². The van der Waals surface area contributed by atoms with E-state index in [1.54, 1.807) is 6.07 Å². The van der Waals surface area contributed by atoms with Crippen molar-refractivity contribution < 1.29 is 23.5 Å². The molecule has 0 spiro atoms. The zero-order chi connectivity index (χ0) is 22.7. The Morgan fingerprint density at radius 1 is 1.31 bits per heavy atom. The second-order valence-electron chi connectivity index (χ2n) is 6.76. The molecule has 4 rings (SSSR count). The van der Waals surface area contributed by atoms with Gasteiger partial charge in [-0.3, -0.25) is 9.78 Å². The van der Waals surface area contributed by atoms with Crippen molar-refractivity contribution in [3.8, 4) is 17.1 Å². The van der Waals surface area contributed by atoms with Crippen LogP contribution in [0.4, 0.5) is 15.9 Å². The van der Waals surface area contributed by atoms with Crippen molar-refractivity contribution in [1.29, 1.82) is 0 Å². The minimum absolute atomic E-state index is 0.0714. The molecule has 9 nitrogen and oxygen atoms in total. The summed E-state index contributed by atoms with van der Waals surface area (Å²) in [6, 6.07) is 4.89. The number of rotatable bonds is 6. The summed E-state index contributed by atoms with van der Waals surface area (Å²) in [5.74, 6) is -1.02. The monoisotopic (exact) mass is 457 g/mol. The van der Waals surface area contributed by atoms with Crippen LogP contribution in [0.1, 0.15) is 16.8 Å². The number of benzene rings is 1. The summed E-state index contributed by atoms with van der Waals surface area (Å²) < 4.78 is 24.5. The van der Waals surface area contributed by atoms with E-state index in [2.05, 4.69) is 25.6 Å². The van der Waals surface area contributed by atoms with Gasteiger partial charge in [0, 0.05) is 23.8 Å². The molecular formula is C21H17ClFN5O4. The Morgan fingerprint density at radius 3 is 2.91 bits per heavy atom. The number of carbonyl (C=O) groups excluding carboxylic acids is 2. The lowest BCUT2D eigenvalue weighted by Crippen LogP contribution is -2.38. The molecule has 3 heterocycles. The number of nitrogens with zero attached hydrogens (tertiary/aromatic N) is 3. The average molecular weight is 458 g/mol. The van der Waals surface area contributed by atoms with E-state index in [0.29, 0.717) is 17.1 Å². The number of aromatic nitrogens is 3. The maximum atomic E-state index is 14.3. The van der Waals surface area contributed by atoms with Gasteiger partial charge in [-0.1, -0.05) is 11.6 Å². The molecule has 1 aromatic carbocycles. The molecule has 1 saturated heterocycles. The number of ether oxygens (including phenoxy) is 2. The van der Waals surface area contributed by atoms with E-state index < -0.39 is 23.7 Å². The fourth-order valence-electron chi connectivity index (χ4n) is 3.08. The Morgan fingerprint density at radius 2 is 2.16 bits per heavy atom. The van der Waals surface area contributed by atoms with E-state index in [-0.39, 0.29) is 35.1 Å². The Kier molecular flexibility index (Phi) is 6.13. The average Bonchev–Trinajstić information content (AvgIpc) is 3.20. The summed E-state index contributed by atoms with van der Waals surface area (Å²) in [6.07, 6.45) is 4.60. The fraction of sp³-hybridized carbons (Fsp3) is 0.190. The van der Waals surface area contributed by atoms with Gasteiger partial charge in [-0.25, -0.2) is 19.2 Å². The molecule has 0 aliphatic carbocycles. The zero-order valence-corrected chi connectivity index (χ0v) is 17.5. The maximum Gasteiger partial charge on any atom is 0.328 e. The van der Waals surface area contributed by atoms with Crippen LogP contribution in [0.2, 0.25) is 5.02 Å². The van der Waals surface area contributed by atoms with Gasteiger partial charge in [-0.05, 0) is 24.3 Å². The molecule has 1 atom stereocenters. The molecule has 1 aliphatic rings. The normalized spacial score (nSPS) is 15.2. The number of anilines is 2. The highest BCUT2D eigenvalue weighted by atomic mass is 35.5. The number of amides is 1. The predicted molar refractivity (Wildman–Crippen MR) is 113 cm³/mol. The van der Waals surface area contributed by atoms with E-state index in [9.17, 15) is 14.0 Å². The van der Waals surface area contributed by atoms with Gasteiger partial charge in [0.05, 0.1) is 36.7 Å². The highest BCUT2D eigenvalue weighted by Crippen LogP contribution is 2.30. The van der Waals surface area contributed by atoms with E-state index >= 15 is 0 Å². The van der Waals surface area contributed by atoms with E-state index in [0.717, 1.165) is 0 Å². The van der Waals surface area contributed by atoms with E-state index in [1.807, 2.05) is 0 Å². The zero-order valence-electron chi connectivity index (χ0n) is 16.8. The summed E-state index contributed by atoms with van der Waals surface area (Å²) in [6.45, 7) is 0.253. The molecule has 2 aromatic heterocycles. The lowest BCUT2D eigenvalue weighted by atomic mass is 10.2. The third kappa shape index (κ3) is 4.45. The maximum absolute atomic E-state index is 14.3. The fourth-order valence-corrected chi connectivity index (χ4v) is 3.26. The first-order valence-electron chi connectivity index (χ1n) is 9.51. The highest BCUT2D eigenvalue weighted by Gasteiger charge is 2.29. The molecule has 0 radical (unpaired) electrons. The first-order chi connectivity index (χ1) is 15.5. The quantitative estimate of drug-likeness (QED) is 0.542. The molecule has 1 fully saturated rings. The van der Waals surface area contributed by atoms with Crippen LogP contribution >= 0.6 is 11.6 Å². The first kappa shape index (κ1) is 21.4. The minimum atomic E-state index is -0.721. The number of esters is 1. The third-order valence-corrected chi connectivity index (χ3v) is 4.94. The Hall–Kier alpha value is -3.79. The predicted octanol–water partition coefficient (Wildman–Crippen LogP) is 3.13. The molecule has 3 aromatic rings. The SMILES string of the molecule is COc1cnc(-c2cc(Cl)ccc2F)nc1Nc1ccncc1C(=O)NC1CCOC1=O. The van der Waals surface area contributed by atoms with Crippen LogP contribution in [-0.4, -0.2) is 46.6 Å². The number of hydrogen-bond donors (Lipinski definition) is 2. The summed E-state index contributed by atoms with van der Waals surface area (Å²) in [4.78, 5) is 36.9. The molecule has 0 bridgehead atoms. The van der Waals surface area contributed by atoms with E-state index in [1.165, 1.54) is 43.9 Å². The molecule has 32 heavy (non-hydrogen) atoms. The van der Waals surface area contributed by atoms with Crippen molar-refractivity contribution in [2.75, 3.05) is 19.0 Å². The topological polar surface area (TPSA) is 115 Å². The molecular weight excluding hydrogens is 441 g/mol. The first-order valence-corrected chi connectivity index (χ1v) is 9.89. The van der Waals surface area contributed by atoms with Gasteiger partial charge >= 0.3 is 5.97 Å². The number of carbonyl (C=O) groups is 2. The minimum Gasteiger partial charge on any atom is -0.491 e. The van der Waals surface area contributed by atoms with E-state index in [4.69, 9.17) is 21.1 Å². The molecule has 2 N–H and O–H groups in total. The second kappa shape index (κ2) is 9.15. The van der Waals surface area contributed by atoms with Crippen LogP contribution in [0.3, 0.4) is 0 Å². The van der Waals surface area contributed by atoms with Crippen molar-refractivity contribution in [1.82, 2.24) is 20.3 Å². The summed E-state index contributed by atoms with van der Waals surface area (Å²) >= 11 is 5.98. The molecule has 164 valence electrons. The van der Waals surface area contributed by atoms with Gasteiger partial charge in [0.1, 0.15) is 11.9 Å². The standard InChI is InChI=1S/C21H17ClFN5O4/c1-31-17-10-25-18(12-8-11(22)2-3-14(12)23)28-19(17)26-15-4-6-24-9-13(15)20(29)27-16-5-7-32-21(16)30/h2-4,6,8-10,16H,5,7H2,1H3,(H,27,29)(H,24,25,26,28). The lowest BCUT2D eigenvalue weighted by Gasteiger charge is -2.15. The lowest BCUT2D eigenvalue weighted by molar-refractivity contribution is -0.139. The Balaban J connectivity index is 1.66. The van der Waals surface area contributed by atoms with Crippen molar-refractivity contribution in [2.24, 2.45) is 0 Å². The number of cyclic esters (lactones) is 1. The van der Waals surface area contributed by atoms with Crippen molar-refractivity contribution in [3.05, 3.63) is 59.3 Å². The smallest absolute Gasteiger partial charge is 0.328 e. The molecule has 1 aliphatic heterocycles. The van der Waals surface area contributed by atoms with Crippen LogP contribution in [0.15, 0.2) is 42.9 Å². The summed E-state index contributed by atoms with van der Waals surface area (Å²) in [5.41, 5.74) is 0.623. The number of pyridine rings is 1. The second-order valence-corrected chi connectivity index (χ2v) is 7.20. The molecule has 11 heteroatoms. The van der Waals surface area contributed by atoms with Crippen LogP contribution in [-0.2, 0) is 9.53 Å². The third-order valence-electron chi connectivity index (χ3n) is 4.70. The molecule has 0 saturated carbocycles. The molecule has 1 amide bonds. The summed E-state index contributed by atoms with van der Waals surface area (Å²) in [5, 5.41) is 5.96. The number of halogens is 2. The number of hydrogen-bond acceptors (Lipinski definition) is 8. The van der Waals surface area contributed by atoms with Gasteiger partial charge in [0.15, 0.2) is 17.4 Å². The van der Waals surface area contributed by atoms with Gasteiger partial charge in [-0.15, -0.1) is 0 Å². The van der Waals surface area contributed by atoms with Crippen molar-refractivity contribution in [2.45, 2.75) is 12.5 Å². The molecule has 1 unspecified atom stereocenters. The van der Waals surface area contributed by atoms with Gasteiger partial charge in [0.25, 0.3) is 5.91 Å². The van der Waals surface area contributed by atoms with Crippen LogP contribution < -0.4 is 15.4 Å². The van der Waals surface area contributed by atoms with Crippen LogP contribution in [0.5, 0.6) is 5.75 Å². The summed E-state index contributed by atoms with van der Waals surface area (Å²) in [7, 11) is 1.43. The largest absolute Gasteiger partial charge is 0.491 e. The van der Waals surface area contributed by atoms with Gasteiger partial charge in [0.2, 0.25) is 0 Å². The number of nitrogens with one attached hydrogen (secondary N) is 2. The van der Waals surface area contributed by atoms with Gasteiger partial charge in [-0.2, -0.15) is 0 Å². The Bertz CT molecular complexity index is 1190. The van der Waals surface area contributed by atoms with Gasteiger partial charge < -0.3 is 20.1 Å². The van der Waals surface area contributed by atoms with Crippen LogP contribution in [0.25, 0.3) is 11.4 Å².